The van der Waals surface area contributed by atoms with E-state index in [1.807, 2.05) is 31.2 Å². The summed E-state index contributed by atoms with van der Waals surface area (Å²) in [6, 6.07) is 7.60. The third-order valence-corrected chi connectivity index (χ3v) is 5.42. The average molecular weight is 364 g/mol. The third kappa shape index (κ3) is 3.61. The molecule has 1 fully saturated rings. The van der Waals surface area contributed by atoms with Crippen LogP contribution in [0.5, 0.6) is 5.75 Å². The Labute approximate surface area is 150 Å². The van der Waals surface area contributed by atoms with Crippen LogP contribution < -0.4 is 4.74 Å². The van der Waals surface area contributed by atoms with Crippen LogP contribution in [0.3, 0.4) is 0 Å². The SMILES string of the molecule is COC(=O)C1=C([C@H]2CCC(=O)O2)O[C@H](c2ccc(OC)cc2)[C@@H](C)S1. The Hall–Kier alpha value is -2.15. The van der Waals surface area contributed by atoms with Crippen LogP contribution in [0, 0.1) is 0 Å². The highest BCUT2D eigenvalue weighted by Gasteiger charge is 2.40. The molecule has 2 heterocycles. The topological polar surface area (TPSA) is 71.1 Å². The first-order valence-electron chi connectivity index (χ1n) is 8.02. The summed E-state index contributed by atoms with van der Waals surface area (Å²) in [5.41, 5.74) is 0.964. The van der Waals surface area contributed by atoms with Crippen molar-refractivity contribution in [1.29, 1.82) is 0 Å². The van der Waals surface area contributed by atoms with E-state index in [0.717, 1.165) is 11.3 Å². The van der Waals surface area contributed by atoms with E-state index >= 15 is 0 Å². The predicted molar refractivity (Wildman–Crippen MR) is 92.0 cm³/mol. The molecular weight excluding hydrogens is 344 g/mol. The predicted octanol–water partition coefficient (Wildman–Crippen LogP) is 2.98. The van der Waals surface area contributed by atoms with Gasteiger partial charge in [0, 0.05) is 18.1 Å². The zero-order chi connectivity index (χ0) is 18.0. The number of rotatable bonds is 4. The average Bonchev–Trinajstić information content (AvgIpc) is 3.07. The molecular formula is C18H20O6S. The van der Waals surface area contributed by atoms with Crippen molar-refractivity contribution in [3.05, 3.63) is 40.5 Å². The molecule has 3 atom stereocenters. The molecule has 25 heavy (non-hydrogen) atoms. The Morgan fingerprint density at radius 1 is 1.20 bits per heavy atom. The van der Waals surface area contributed by atoms with Gasteiger partial charge in [0.1, 0.15) is 16.8 Å². The van der Waals surface area contributed by atoms with Crippen molar-refractivity contribution < 1.29 is 28.5 Å². The minimum atomic E-state index is -0.539. The van der Waals surface area contributed by atoms with Gasteiger partial charge in [-0.2, -0.15) is 0 Å². The first-order chi connectivity index (χ1) is 12.0. The van der Waals surface area contributed by atoms with Crippen molar-refractivity contribution in [2.75, 3.05) is 14.2 Å². The lowest BCUT2D eigenvalue weighted by molar-refractivity contribution is -0.143. The van der Waals surface area contributed by atoms with Crippen molar-refractivity contribution in [2.24, 2.45) is 0 Å². The van der Waals surface area contributed by atoms with Gasteiger partial charge < -0.3 is 18.9 Å². The number of esters is 2. The number of hydrogen-bond acceptors (Lipinski definition) is 7. The van der Waals surface area contributed by atoms with Crippen molar-refractivity contribution in [3.8, 4) is 5.75 Å². The molecule has 0 bridgehead atoms. The van der Waals surface area contributed by atoms with Crippen molar-refractivity contribution >= 4 is 23.7 Å². The first-order valence-corrected chi connectivity index (χ1v) is 8.90. The number of carbonyl (C=O) groups excluding carboxylic acids is 2. The molecule has 134 valence electrons. The summed E-state index contributed by atoms with van der Waals surface area (Å²) in [6.45, 7) is 1.99. The molecule has 1 aromatic rings. The molecule has 0 aromatic heterocycles. The first kappa shape index (κ1) is 17.7. The molecule has 7 heteroatoms. The van der Waals surface area contributed by atoms with Crippen LogP contribution in [0.25, 0.3) is 0 Å². The Balaban J connectivity index is 1.92. The Kier molecular flexibility index (Phi) is 5.22. The number of benzene rings is 1. The smallest absolute Gasteiger partial charge is 0.347 e. The van der Waals surface area contributed by atoms with E-state index < -0.39 is 12.1 Å². The molecule has 3 rings (SSSR count). The van der Waals surface area contributed by atoms with Crippen molar-refractivity contribution in [1.82, 2.24) is 0 Å². The summed E-state index contributed by atoms with van der Waals surface area (Å²) >= 11 is 1.39. The van der Waals surface area contributed by atoms with Gasteiger partial charge in [0.25, 0.3) is 0 Å². The lowest BCUT2D eigenvalue weighted by Gasteiger charge is -2.34. The summed E-state index contributed by atoms with van der Waals surface area (Å²) < 4.78 is 21.5. The number of thioether (sulfide) groups is 1. The Morgan fingerprint density at radius 3 is 2.48 bits per heavy atom. The maximum absolute atomic E-state index is 12.1. The maximum Gasteiger partial charge on any atom is 0.347 e. The van der Waals surface area contributed by atoms with Gasteiger partial charge in [0.05, 0.1) is 14.2 Å². The zero-order valence-electron chi connectivity index (χ0n) is 14.3. The molecule has 2 aliphatic heterocycles. The summed E-state index contributed by atoms with van der Waals surface area (Å²) in [5, 5.41) is -0.0108. The van der Waals surface area contributed by atoms with Gasteiger partial charge in [0.2, 0.25) is 0 Å². The fraction of sp³-hybridized carbons (Fsp3) is 0.444. The normalized spacial score (nSPS) is 26.0. The molecule has 1 saturated heterocycles. The number of methoxy groups -OCH3 is 2. The number of cyclic esters (lactones) is 1. The van der Waals surface area contributed by atoms with Crippen LogP contribution in [0.1, 0.15) is 31.4 Å². The molecule has 0 radical (unpaired) electrons. The van der Waals surface area contributed by atoms with Crippen LogP contribution in [-0.2, 0) is 23.8 Å². The summed E-state index contributed by atoms with van der Waals surface area (Å²) in [7, 11) is 2.94. The Morgan fingerprint density at radius 2 is 1.92 bits per heavy atom. The quantitative estimate of drug-likeness (QED) is 0.761. The summed E-state index contributed by atoms with van der Waals surface area (Å²) in [5.74, 6) is 0.398. The highest BCUT2D eigenvalue weighted by molar-refractivity contribution is 8.04. The van der Waals surface area contributed by atoms with Gasteiger partial charge in [0.15, 0.2) is 11.9 Å². The van der Waals surface area contributed by atoms with E-state index in [0.29, 0.717) is 23.5 Å². The largest absolute Gasteiger partial charge is 0.497 e. The van der Waals surface area contributed by atoms with E-state index in [2.05, 4.69) is 0 Å². The summed E-state index contributed by atoms with van der Waals surface area (Å²) in [4.78, 5) is 24.0. The monoisotopic (exact) mass is 364 g/mol. The van der Waals surface area contributed by atoms with Crippen LogP contribution >= 0.6 is 11.8 Å². The van der Waals surface area contributed by atoms with E-state index in [1.165, 1.54) is 18.9 Å². The fourth-order valence-electron chi connectivity index (χ4n) is 2.90. The van der Waals surface area contributed by atoms with Crippen molar-refractivity contribution in [2.45, 2.75) is 37.2 Å². The molecule has 0 unspecified atom stereocenters. The second-order valence-electron chi connectivity index (χ2n) is 5.84. The molecule has 1 aromatic carbocycles. The van der Waals surface area contributed by atoms with Crippen LogP contribution in [-0.4, -0.2) is 37.5 Å². The number of hydrogen-bond donors (Lipinski definition) is 0. The van der Waals surface area contributed by atoms with E-state index in [-0.39, 0.29) is 17.3 Å². The lowest BCUT2D eigenvalue weighted by atomic mass is 10.1. The standard InChI is InChI=1S/C18H20O6S/c1-10-15(11-4-6-12(21-2)7-5-11)24-16(13-8-9-14(19)23-13)17(25-10)18(20)22-3/h4-7,10,13,15H,8-9H2,1-3H3/t10-,13-,15+/m1/s1. The highest BCUT2D eigenvalue weighted by Crippen LogP contribution is 2.45. The highest BCUT2D eigenvalue weighted by atomic mass is 32.2. The lowest BCUT2D eigenvalue weighted by Crippen LogP contribution is -2.29. The zero-order valence-corrected chi connectivity index (χ0v) is 15.1. The third-order valence-electron chi connectivity index (χ3n) is 4.20. The van der Waals surface area contributed by atoms with E-state index in [1.54, 1.807) is 7.11 Å². The van der Waals surface area contributed by atoms with Crippen molar-refractivity contribution in [3.63, 3.8) is 0 Å². The molecule has 0 saturated carbocycles. The van der Waals surface area contributed by atoms with Gasteiger partial charge in [-0.05, 0) is 24.6 Å². The number of ether oxygens (including phenoxy) is 4. The maximum atomic E-state index is 12.1. The van der Waals surface area contributed by atoms with Gasteiger partial charge in [-0.1, -0.05) is 12.1 Å². The van der Waals surface area contributed by atoms with Gasteiger partial charge in [-0.25, -0.2) is 4.79 Å². The molecule has 0 spiro atoms. The van der Waals surface area contributed by atoms with Gasteiger partial charge >= 0.3 is 11.9 Å². The molecule has 0 aliphatic carbocycles. The second kappa shape index (κ2) is 7.39. The van der Waals surface area contributed by atoms with Crippen LogP contribution in [0.15, 0.2) is 34.9 Å². The second-order valence-corrected chi connectivity index (χ2v) is 7.22. The van der Waals surface area contributed by atoms with Crippen LogP contribution in [0.2, 0.25) is 0 Å². The fourth-order valence-corrected chi connectivity index (χ4v) is 4.08. The molecule has 2 aliphatic rings. The van der Waals surface area contributed by atoms with Crippen LogP contribution in [0.4, 0.5) is 0 Å². The minimum absolute atomic E-state index is 0.0108. The molecule has 0 amide bonds. The van der Waals surface area contributed by atoms with E-state index in [4.69, 9.17) is 18.9 Å². The molecule has 0 N–H and O–H groups in total. The molecule has 6 nitrogen and oxygen atoms in total. The Bertz CT molecular complexity index is 696. The summed E-state index contributed by atoms with van der Waals surface area (Å²) in [6.07, 6.45) is 0.0131. The van der Waals surface area contributed by atoms with Gasteiger partial charge in [-0.3, -0.25) is 4.79 Å². The number of carbonyl (C=O) groups is 2. The minimum Gasteiger partial charge on any atom is -0.497 e. The van der Waals surface area contributed by atoms with E-state index in [9.17, 15) is 9.59 Å². The van der Waals surface area contributed by atoms with Gasteiger partial charge in [-0.15, -0.1) is 11.8 Å².